The molecule has 53 heavy (non-hydrogen) atoms. The minimum absolute atomic E-state index is 0. The first-order chi connectivity index (χ1) is 25.5. The predicted octanol–water partition coefficient (Wildman–Crippen LogP) is 12.4. The van der Waals surface area contributed by atoms with Gasteiger partial charge in [0.2, 0.25) is 0 Å². The molecular weight excluding hydrogens is 778 g/mol. The van der Waals surface area contributed by atoms with Crippen LogP contribution in [-0.2, 0) is 9.59 Å². The van der Waals surface area contributed by atoms with Crippen LogP contribution in [0.15, 0.2) is 60.7 Å². The molecule has 0 saturated heterocycles. The molecular formula is C48H78BaO4. The number of unbranched alkanes of at least 4 members (excludes halogenated alkanes) is 20. The first kappa shape index (κ1) is 52.0. The van der Waals surface area contributed by atoms with Crippen LogP contribution in [-0.4, -0.2) is 60.8 Å². The van der Waals surface area contributed by atoms with Gasteiger partial charge >= 0.3 is 48.9 Å². The smallest absolute Gasteiger partial charge is 0.550 e. The Morgan fingerprint density at radius 1 is 0.396 bits per heavy atom. The van der Waals surface area contributed by atoms with Gasteiger partial charge in [0.05, 0.1) is 0 Å². The van der Waals surface area contributed by atoms with Gasteiger partial charge in [0.25, 0.3) is 0 Å². The van der Waals surface area contributed by atoms with E-state index >= 15 is 0 Å². The van der Waals surface area contributed by atoms with Crippen LogP contribution >= 0.6 is 0 Å². The zero-order valence-electron chi connectivity index (χ0n) is 34.5. The maximum atomic E-state index is 10.4. The molecule has 5 heteroatoms. The van der Waals surface area contributed by atoms with E-state index in [4.69, 9.17) is 0 Å². The molecule has 0 amide bonds. The third-order valence-electron chi connectivity index (χ3n) is 10.7. The van der Waals surface area contributed by atoms with E-state index in [-0.39, 0.29) is 61.7 Å². The monoisotopic (exact) mass is 856 g/mol. The molecule has 0 spiro atoms. The summed E-state index contributed by atoms with van der Waals surface area (Å²) in [6, 6.07) is 22.1. The van der Waals surface area contributed by atoms with E-state index in [2.05, 4.69) is 74.5 Å². The molecule has 296 valence electrons. The summed E-state index contributed by atoms with van der Waals surface area (Å²) in [5.74, 6) is -0.351. The second kappa shape index (κ2) is 39.2. The van der Waals surface area contributed by atoms with Crippen molar-refractivity contribution < 1.29 is 19.8 Å². The van der Waals surface area contributed by atoms with Gasteiger partial charge in [-0.2, -0.15) is 0 Å². The van der Waals surface area contributed by atoms with Crippen LogP contribution in [0.1, 0.15) is 229 Å². The summed E-state index contributed by atoms with van der Waals surface area (Å²) in [4.78, 5) is 20.7. The maximum Gasteiger partial charge on any atom is 2.00 e. The van der Waals surface area contributed by atoms with Gasteiger partial charge in [-0.1, -0.05) is 216 Å². The average Bonchev–Trinajstić information content (AvgIpc) is 3.15. The Morgan fingerprint density at radius 2 is 0.642 bits per heavy atom. The maximum absolute atomic E-state index is 10.4. The van der Waals surface area contributed by atoms with Gasteiger partial charge in [0.15, 0.2) is 0 Å². The molecule has 0 aliphatic rings. The van der Waals surface area contributed by atoms with Gasteiger partial charge < -0.3 is 19.8 Å². The normalized spacial score (nSPS) is 12.0. The molecule has 0 bridgehead atoms. The van der Waals surface area contributed by atoms with Crippen LogP contribution in [0.5, 0.6) is 0 Å². The summed E-state index contributed by atoms with van der Waals surface area (Å²) in [6.45, 7) is 4.55. The number of carbonyl (C=O) groups is 2. The summed E-state index contributed by atoms with van der Waals surface area (Å²) in [6.07, 6.45) is 35.5. The van der Waals surface area contributed by atoms with Crippen LogP contribution in [0.2, 0.25) is 0 Å². The van der Waals surface area contributed by atoms with Crippen molar-refractivity contribution in [1.29, 1.82) is 0 Å². The first-order valence-electron chi connectivity index (χ1n) is 22.0. The van der Waals surface area contributed by atoms with Crippen LogP contribution in [0.3, 0.4) is 0 Å². The Hall–Kier alpha value is -1.05. The molecule has 0 aliphatic carbocycles. The second-order valence-electron chi connectivity index (χ2n) is 15.4. The van der Waals surface area contributed by atoms with E-state index in [1.54, 1.807) is 0 Å². The molecule has 0 fully saturated rings. The Morgan fingerprint density at radius 3 is 0.906 bits per heavy atom. The largest absolute Gasteiger partial charge is 2.00 e. The van der Waals surface area contributed by atoms with Gasteiger partial charge in [-0.25, -0.2) is 0 Å². The van der Waals surface area contributed by atoms with E-state index < -0.39 is 11.9 Å². The van der Waals surface area contributed by atoms with E-state index in [0.717, 1.165) is 50.4 Å². The van der Waals surface area contributed by atoms with Gasteiger partial charge in [-0.15, -0.1) is 0 Å². The topological polar surface area (TPSA) is 80.3 Å². The van der Waals surface area contributed by atoms with Crippen molar-refractivity contribution in [2.24, 2.45) is 0 Å². The zero-order chi connectivity index (χ0) is 37.7. The van der Waals surface area contributed by atoms with Crippen molar-refractivity contribution in [2.75, 3.05) is 0 Å². The summed E-state index contributed by atoms with van der Waals surface area (Å²) in [5, 5.41) is 20.7. The third kappa shape index (κ3) is 32.9. The quantitative estimate of drug-likeness (QED) is 0.0519. The number of rotatable bonds is 34. The van der Waals surface area contributed by atoms with Crippen molar-refractivity contribution >= 4 is 60.8 Å². The molecule has 2 rings (SSSR count). The van der Waals surface area contributed by atoms with Crippen molar-refractivity contribution in [3.8, 4) is 0 Å². The Bertz CT molecular complexity index is 974. The minimum Gasteiger partial charge on any atom is -0.550 e. The molecule has 0 heterocycles. The van der Waals surface area contributed by atoms with Crippen molar-refractivity contribution in [2.45, 2.75) is 218 Å². The van der Waals surface area contributed by atoms with Crippen LogP contribution in [0, 0.1) is 0 Å². The third-order valence-corrected chi connectivity index (χ3v) is 10.7. The van der Waals surface area contributed by atoms with Gasteiger partial charge in [-0.05, 0) is 74.3 Å². The average molecular weight is 856 g/mol. The number of carbonyl (C=O) groups excluding carboxylic acids is 2. The fraction of sp³-hybridized carbons (Fsp3) is 0.708. The van der Waals surface area contributed by atoms with E-state index in [9.17, 15) is 19.8 Å². The van der Waals surface area contributed by atoms with Gasteiger partial charge in [0, 0.05) is 11.9 Å². The van der Waals surface area contributed by atoms with Crippen molar-refractivity contribution in [3.05, 3.63) is 71.8 Å². The molecule has 0 saturated carbocycles. The van der Waals surface area contributed by atoms with Crippen LogP contribution in [0.25, 0.3) is 0 Å². The molecule has 2 aromatic rings. The zero-order valence-corrected chi connectivity index (χ0v) is 38.9. The summed E-state index contributed by atoms with van der Waals surface area (Å²) in [7, 11) is 0. The molecule has 0 N–H and O–H groups in total. The molecule has 0 aliphatic heterocycles. The summed E-state index contributed by atoms with van der Waals surface area (Å²) >= 11 is 0. The number of aliphatic carboxylic acids is 2. The number of hydrogen-bond donors (Lipinski definition) is 0. The fourth-order valence-electron chi connectivity index (χ4n) is 7.48. The van der Waals surface area contributed by atoms with Crippen molar-refractivity contribution in [3.63, 3.8) is 0 Å². The van der Waals surface area contributed by atoms with Gasteiger partial charge in [0.1, 0.15) is 0 Å². The van der Waals surface area contributed by atoms with Crippen molar-refractivity contribution in [1.82, 2.24) is 0 Å². The summed E-state index contributed by atoms with van der Waals surface area (Å²) < 4.78 is 0. The number of hydrogen-bond acceptors (Lipinski definition) is 4. The SMILES string of the molecule is CCCCCCC(CCCCCCCCCCC(=O)[O-])c1ccccc1.CCCCCCC(CCCCCCCCCCC(=O)[O-])c1ccccc1.[Ba+2]. The predicted molar refractivity (Wildman–Crippen MR) is 224 cm³/mol. The minimum atomic E-state index is -0.910. The Labute approximate surface area is 367 Å². The summed E-state index contributed by atoms with van der Waals surface area (Å²) in [5.41, 5.74) is 3.05. The Kier molecular flexibility index (Phi) is 38.4. The molecule has 0 aromatic heterocycles. The van der Waals surface area contributed by atoms with E-state index in [1.807, 2.05) is 0 Å². The molecule has 0 radical (unpaired) electrons. The Balaban J connectivity index is 0.00000100. The standard InChI is InChI=1S/2C24H40O2.Ba/c2*1-2-3-4-12-17-22(23-19-14-11-15-20-23)18-13-9-7-5-6-8-10-16-21-24(25)26;/h2*11,14-15,19-20,22H,2-10,12-13,16-18,21H2,1H3,(H,25,26);/q;;+2/p-2. The fourth-order valence-corrected chi connectivity index (χ4v) is 7.48. The molecule has 2 atom stereocenters. The molecule has 2 aromatic carbocycles. The number of carboxylic acid groups (broad SMARTS) is 2. The van der Waals surface area contributed by atoms with Crippen LogP contribution < -0.4 is 10.2 Å². The first-order valence-corrected chi connectivity index (χ1v) is 22.0. The molecule has 4 nitrogen and oxygen atoms in total. The van der Waals surface area contributed by atoms with E-state index in [0.29, 0.717) is 0 Å². The van der Waals surface area contributed by atoms with Crippen LogP contribution in [0.4, 0.5) is 0 Å². The van der Waals surface area contributed by atoms with E-state index in [1.165, 1.54) is 152 Å². The number of carboxylic acids is 2. The van der Waals surface area contributed by atoms with Gasteiger partial charge in [-0.3, -0.25) is 0 Å². The second-order valence-corrected chi connectivity index (χ2v) is 15.4. The number of benzene rings is 2. The molecule has 2 unspecified atom stereocenters.